The fourth-order valence-electron chi connectivity index (χ4n) is 5.62. The number of hydrogen-bond donors (Lipinski definition) is 0. The number of carbonyl (C=O) groups excluding carboxylic acids is 2. The van der Waals surface area contributed by atoms with Crippen LogP contribution in [0.25, 0.3) is 10.8 Å². The molecule has 3 saturated carbocycles. The fourth-order valence-corrected chi connectivity index (χ4v) is 10.5. The Morgan fingerprint density at radius 3 is 2.32 bits per heavy atom. The highest BCUT2D eigenvalue weighted by molar-refractivity contribution is 9.24. The Morgan fingerprint density at radius 2 is 1.74 bits per heavy atom. The minimum absolute atomic E-state index is 0.0419. The first-order chi connectivity index (χ1) is 14.5. The zero-order valence-electron chi connectivity index (χ0n) is 17.9. The fraction of sp³-hybridized carbons (Fsp3) is 0.500. The van der Waals surface area contributed by atoms with E-state index >= 15 is 0 Å². The van der Waals surface area contributed by atoms with Crippen LogP contribution in [0.1, 0.15) is 50.9 Å². The van der Waals surface area contributed by atoms with Crippen LogP contribution in [0.4, 0.5) is 0 Å². The molecule has 7 heteroatoms. The first-order valence-corrected chi connectivity index (χ1v) is 13.1. The molecule has 0 spiro atoms. The summed E-state index contributed by atoms with van der Waals surface area (Å²) in [6, 6.07) is 11.1. The van der Waals surface area contributed by atoms with Gasteiger partial charge in [-0.3, -0.25) is 4.79 Å². The molecule has 0 N–H and O–H groups in total. The zero-order chi connectivity index (χ0) is 22.8. The third kappa shape index (κ3) is 3.02. The second kappa shape index (κ2) is 7.84. The van der Waals surface area contributed by atoms with E-state index < -0.39 is 11.4 Å². The lowest BCUT2D eigenvalue weighted by molar-refractivity contribution is -0.176. The van der Waals surface area contributed by atoms with Crippen LogP contribution in [0.15, 0.2) is 36.4 Å². The predicted octanol–water partition coefficient (Wildman–Crippen LogP) is 7.00. The number of fused-ring (bicyclic) bond motifs is 2. The Bertz CT molecular complexity index is 1060. The monoisotopic (exact) mass is 614 g/mol. The van der Waals surface area contributed by atoms with E-state index in [1.54, 1.807) is 19.9 Å². The van der Waals surface area contributed by atoms with Crippen LogP contribution < -0.4 is 4.74 Å². The maximum Gasteiger partial charge on any atom is 0.342 e. The van der Waals surface area contributed by atoms with Crippen LogP contribution >= 0.6 is 47.8 Å². The van der Waals surface area contributed by atoms with Gasteiger partial charge in [0.25, 0.3) is 0 Å². The summed E-state index contributed by atoms with van der Waals surface area (Å²) < 4.78 is 11.6. The highest BCUT2D eigenvalue weighted by atomic mass is 79.9. The van der Waals surface area contributed by atoms with Crippen molar-refractivity contribution in [1.29, 1.82) is 0 Å². The number of halogens is 3. The first-order valence-electron chi connectivity index (χ1n) is 10.4. The van der Waals surface area contributed by atoms with Crippen molar-refractivity contribution in [2.45, 2.75) is 55.2 Å². The highest BCUT2D eigenvalue weighted by Gasteiger charge is 2.84. The number of esters is 2. The van der Waals surface area contributed by atoms with Gasteiger partial charge in [0, 0.05) is 15.6 Å². The quantitative estimate of drug-likeness (QED) is 0.206. The topological polar surface area (TPSA) is 52.6 Å². The van der Waals surface area contributed by atoms with Crippen molar-refractivity contribution in [1.82, 2.24) is 0 Å². The van der Waals surface area contributed by atoms with Crippen LogP contribution in [0.3, 0.4) is 0 Å². The Hall–Kier alpha value is -0.920. The van der Waals surface area contributed by atoms with Crippen molar-refractivity contribution >= 4 is 70.5 Å². The molecule has 3 aliphatic carbocycles. The Labute approximate surface area is 207 Å². The molecule has 0 radical (unpaired) electrons. The predicted molar refractivity (Wildman–Crippen MR) is 132 cm³/mol. The Kier molecular flexibility index (Phi) is 5.88. The van der Waals surface area contributed by atoms with E-state index in [-0.39, 0.29) is 42.8 Å². The molecule has 3 fully saturated rings. The molecule has 4 nitrogen and oxygen atoms in total. The molecule has 0 amide bonds. The minimum Gasteiger partial charge on any atom is -0.459 e. The van der Waals surface area contributed by atoms with Crippen LogP contribution in [0.2, 0.25) is 0 Å². The number of rotatable bonds is 5. The third-order valence-corrected chi connectivity index (χ3v) is 10.7. The summed E-state index contributed by atoms with van der Waals surface area (Å²) in [6.45, 7) is 7.85. The molecule has 3 aliphatic rings. The van der Waals surface area contributed by atoms with Crippen LogP contribution in [0, 0.1) is 16.2 Å². The molecule has 166 valence electrons. The van der Waals surface area contributed by atoms with E-state index in [1.807, 2.05) is 30.3 Å². The summed E-state index contributed by atoms with van der Waals surface area (Å²) in [6.07, 6.45) is 1.34. The summed E-state index contributed by atoms with van der Waals surface area (Å²) in [7, 11) is 0. The van der Waals surface area contributed by atoms with Gasteiger partial charge in [0.2, 0.25) is 0 Å². The second-order valence-corrected chi connectivity index (χ2v) is 13.3. The van der Waals surface area contributed by atoms with Gasteiger partial charge in [-0.1, -0.05) is 92.0 Å². The Balaban J connectivity index is 1.77. The van der Waals surface area contributed by atoms with Crippen molar-refractivity contribution in [2.24, 2.45) is 16.2 Å². The average molecular weight is 617 g/mol. The first kappa shape index (κ1) is 23.2. The van der Waals surface area contributed by atoms with E-state index in [4.69, 9.17) is 9.47 Å². The van der Waals surface area contributed by atoms with Gasteiger partial charge in [0.1, 0.15) is 5.56 Å². The largest absolute Gasteiger partial charge is 0.459 e. The van der Waals surface area contributed by atoms with Crippen molar-refractivity contribution in [2.75, 3.05) is 0 Å². The van der Waals surface area contributed by atoms with Gasteiger partial charge in [0.15, 0.2) is 5.75 Å². The number of ether oxygens (including phenoxy) is 2. The van der Waals surface area contributed by atoms with Crippen molar-refractivity contribution < 1.29 is 19.1 Å². The number of hydrogen-bond acceptors (Lipinski definition) is 4. The SMILES string of the molecule is CC(C)OC(=O)c1ccc2ccccc2c1OC(=O)C12CCC(C(Br)Br)(C1Br)C2(C)C. The van der Waals surface area contributed by atoms with Gasteiger partial charge >= 0.3 is 11.9 Å². The van der Waals surface area contributed by atoms with Gasteiger partial charge in [0.05, 0.1) is 15.3 Å². The van der Waals surface area contributed by atoms with Crippen molar-refractivity contribution in [3.8, 4) is 5.75 Å². The van der Waals surface area contributed by atoms with Crippen LogP contribution in [-0.2, 0) is 9.53 Å². The van der Waals surface area contributed by atoms with E-state index in [0.717, 1.165) is 23.6 Å². The summed E-state index contributed by atoms with van der Waals surface area (Å²) in [5, 5.41) is 1.62. The number of alkyl halides is 3. The lowest BCUT2D eigenvalue weighted by Gasteiger charge is -2.65. The molecule has 2 aromatic rings. The van der Waals surface area contributed by atoms with Crippen LogP contribution in [0.5, 0.6) is 5.75 Å². The highest BCUT2D eigenvalue weighted by Crippen LogP contribution is 2.82. The number of carbonyl (C=O) groups is 2. The molecule has 0 heterocycles. The molecule has 2 aromatic carbocycles. The summed E-state index contributed by atoms with van der Waals surface area (Å²) in [5.74, 6) is -0.522. The second-order valence-electron chi connectivity index (χ2n) is 9.31. The van der Waals surface area contributed by atoms with Gasteiger partial charge in [-0.15, -0.1) is 0 Å². The molecular weight excluding hydrogens is 592 g/mol. The zero-order valence-corrected chi connectivity index (χ0v) is 22.6. The maximum absolute atomic E-state index is 13.8. The lowest BCUT2D eigenvalue weighted by Crippen LogP contribution is -2.71. The summed E-state index contributed by atoms with van der Waals surface area (Å²) >= 11 is 11.3. The molecule has 0 aliphatic heterocycles. The summed E-state index contributed by atoms with van der Waals surface area (Å²) in [5.41, 5.74) is -0.817. The van der Waals surface area contributed by atoms with E-state index in [1.165, 1.54) is 0 Å². The molecule has 3 atom stereocenters. The van der Waals surface area contributed by atoms with Crippen molar-refractivity contribution in [3.63, 3.8) is 0 Å². The standard InChI is InChI=1S/C24H25Br3O4/c1-13(2)30-18(28)16-10-9-14-7-5-6-8-15(14)17(16)31-21(29)24-12-11-23(19(24)25,20(26)27)22(24,3)4/h5-10,13,19-20H,11-12H2,1-4H3. The van der Waals surface area contributed by atoms with Crippen molar-refractivity contribution in [3.05, 3.63) is 42.0 Å². The molecule has 2 bridgehead atoms. The molecule has 5 rings (SSSR count). The molecule has 31 heavy (non-hydrogen) atoms. The van der Waals surface area contributed by atoms with Crippen LogP contribution in [-0.4, -0.2) is 26.6 Å². The molecular formula is C24H25Br3O4. The smallest absolute Gasteiger partial charge is 0.342 e. The van der Waals surface area contributed by atoms with E-state index in [2.05, 4.69) is 61.6 Å². The minimum atomic E-state index is -0.678. The van der Waals surface area contributed by atoms with Gasteiger partial charge < -0.3 is 9.47 Å². The van der Waals surface area contributed by atoms with Gasteiger partial charge in [-0.05, 0) is 43.6 Å². The van der Waals surface area contributed by atoms with E-state index in [9.17, 15) is 9.59 Å². The Morgan fingerprint density at radius 1 is 1.06 bits per heavy atom. The maximum atomic E-state index is 13.8. The molecule has 3 unspecified atom stereocenters. The molecule has 0 aromatic heterocycles. The summed E-state index contributed by atoms with van der Waals surface area (Å²) in [4.78, 5) is 26.5. The molecule has 0 saturated heterocycles. The van der Waals surface area contributed by atoms with Gasteiger partial charge in [-0.25, -0.2) is 4.79 Å². The third-order valence-electron chi connectivity index (χ3n) is 7.49. The van der Waals surface area contributed by atoms with E-state index in [0.29, 0.717) is 0 Å². The normalized spacial score (nSPS) is 28.6. The number of benzene rings is 2. The average Bonchev–Trinajstić information content (AvgIpc) is 3.17. The lowest BCUT2D eigenvalue weighted by atomic mass is 9.43. The van der Waals surface area contributed by atoms with Gasteiger partial charge in [-0.2, -0.15) is 0 Å².